The minimum absolute atomic E-state index is 0.0576. The number of aromatic nitrogens is 3. The zero-order valence-electron chi connectivity index (χ0n) is 18.5. The molecule has 6 nitrogen and oxygen atoms in total. The molecule has 3 aromatic rings. The van der Waals surface area contributed by atoms with Crippen LogP contribution >= 0.6 is 11.8 Å². The minimum atomic E-state index is 0.0576. The summed E-state index contributed by atoms with van der Waals surface area (Å²) in [7, 11) is 0. The van der Waals surface area contributed by atoms with Crippen molar-refractivity contribution in [1.29, 1.82) is 0 Å². The SMILES string of the molecule is Cc1ccccc1OCc1nnc(SCC(=O)NC2CCCCCC2)n1-c1ccccc1. The average Bonchev–Trinajstić information content (AvgIpc) is 3.04. The van der Waals surface area contributed by atoms with E-state index >= 15 is 0 Å². The maximum Gasteiger partial charge on any atom is 0.230 e. The number of nitrogens with one attached hydrogen (secondary N) is 1. The van der Waals surface area contributed by atoms with Crippen molar-refractivity contribution in [1.82, 2.24) is 20.1 Å². The molecule has 1 amide bonds. The van der Waals surface area contributed by atoms with Gasteiger partial charge in [-0.1, -0.05) is 73.8 Å². The van der Waals surface area contributed by atoms with Gasteiger partial charge in [-0.2, -0.15) is 0 Å². The lowest BCUT2D eigenvalue weighted by atomic mass is 10.1. The van der Waals surface area contributed by atoms with Crippen molar-refractivity contribution in [3.8, 4) is 11.4 Å². The summed E-state index contributed by atoms with van der Waals surface area (Å²) < 4.78 is 8.00. The summed E-state index contributed by atoms with van der Waals surface area (Å²) in [4.78, 5) is 12.6. The molecule has 1 heterocycles. The summed E-state index contributed by atoms with van der Waals surface area (Å²) in [6.45, 7) is 2.31. The van der Waals surface area contributed by atoms with Crippen molar-refractivity contribution in [2.45, 2.75) is 63.3 Å². The van der Waals surface area contributed by atoms with Gasteiger partial charge in [0.2, 0.25) is 5.91 Å². The van der Waals surface area contributed by atoms with Gasteiger partial charge in [0, 0.05) is 11.7 Å². The normalized spacial score (nSPS) is 14.7. The lowest BCUT2D eigenvalue weighted by Gasteiger charge is -2.16. The molecule has 0 atom stereocenters. The fourth-order valence-electron chi connectivity index (χ4n) is 4.01. The van der Waals surface area contributed by atoms with Crippen molar-refractivity contribution in [2.24, 2.45) is 0 Å². The molecule has 0 radical (unpaired) electrons. The molecule has 1 N–H and O–H groups in total. The highest BCUT2D eigenvalue weighted by atomic mass is 32.2. The number of aryl methyl sites for hydroxylation is 1. The van der Waals surface area contributed by atoms with E-state index in [1.54, 1.807) is 0 Å². The van der Waals surface area contributed by atoms with Crippen molar-refractivity contribution in [2.75, 3.05) is 5.75 Å². The molecule has 1 aliphatic carbocycles. The van der Waals surface area contributed by atoms with E-state index < -0.39 is 0 Å². The van der Waals surface area contributed by atoms with Crippen LogP contribution < -0.4 is 10.1 Å². The van der Waals surface area contributed by atoms with E-state index in [2.05, 4.69) is 15.5 Å². The van der Waals surface area contributed by atoms with Gasteiger partial charge in [0.15, 0.2) is 11.0 Å². The number of ether oxygens (including phenoxy) is 1. The van der Waals surface area contributed by atoms with E-state index in [1.807, 2.05) is 66.1 Å². The Morgan fingerprint density at radius 3 is 2.50 bits per heavy atom. The van der Waals surface area contributed by atoms with Crippen LogP contribution in [0.25, 0.3) is 5.69 Å². The molecule has 168 valence electrons. The van der Waals surface area contributed by atoms with Gasteiger partial charge in [0.1, 0.15) is 12.4 Å². The number of para-hydroxylation sites is 2. The third kappa shape index (κ3) is 5.91. The van der Waals surface area contributed by atoms with Crippen LogP contribution in [-0.4, -0.2) is 32.5 Å². The van der Waals surface area contributed by atoms with Crippen LogP contribution in [0.15, 0.2) is 59.8 Å². The number of carbonyl (C=O) groups is 1. The Bertz CT molecular complexity index is 1010. The molecule has 0 bridgehead atoms. The van der Waals surface area contributed by atoms with Gasteiger partial charge in [-0.15, -0.1) is 10.2 Å². The second-order valence-electron chi connectivity index (χ2n) is 8.17. The number of benzene rings is 2. The molecule has 0 spiro atoms. The molecule has 0 unspecified atom stereocenters. The monoisotopic (exact) mass is 450 g/mol. The Hall–Kier alpha value is -2.80. The predicted octanol–water partition coefficient (Wildman–Crippen LogP) is 5.09. The number of carbonyl (C=O) groups excluding carboxylic acids is 1. The van der Waals surface area contributed by atoms with Crippen LogP contribution in [-0.2, 0) is 11.4 Å². The molecule has 7 heteroatoms. The molecule has 0 aliphatic heterocycles. The van der Waals surface area contributed by atoms with Crippen molar-refractivity contribution < 1.29 is 9.53 Å². The summed E-state index contributed by atoms with van der Waals surface area (Å²) in [5.74, 6) is 1.90. The first-order valence-corrected chi connectivity index (χ1v) is 12.3. The Kier molecular flexibility index (Phi) is 7.82. The van der Waals surface area contributed by atoms with E-state index in [-0.39, 0.29) is 5.91 Å². The highest BCUT2D eigenvalue weighted by Gasteiger charge is 2.19. The van der Waals surface area contributed by atoms with E-state index in [1.165, 1.54) is 37.4 Å². The number of hydrogen-bond donors (Lipinski definition) is 1. The molecule has 1 aromatic heterocycles. The third-order valence-electron chi connectivity index (χ3n) is 5.72. The van der Waals surface area contributed by atoms with Crippen LogP contribution in [0.1, 0.15) is 49.9 Å². The van der Waals surface area contributed by atoms with Crippen LogP contribution in [0.2, 0.25) is 0 Å². The first-order chi connectivity index (χ1) is 15.7. The minimum Gasteiger partial charge on any atom is -0.485 e. The van der Waals surface area contributed by atoms with E-state index in [0.29, 0.717) is 29.4 Å². The van der Waals surface area contributed by atoms with Gasteiger partial charge in [0.05, 0.1) is 5.75 Å². The van der Waals surface area contributed by atoms with E-state index in [0.717, 1.165) is 29.8 Å². The van der Waals surface area contributed by atoms with Gasteiger partial charge in [-0.3, -0.25) is 9.36 Å². The first kappa shape index (κ1) is 22.4. The highest BCUT2D eigenvalue weighted by Crippen LogP contribution is 2.24. The quantitative estimate of drug-likeness (QED) is 0.383. The number of rotatable bonds is 8. The van der Waals surface area contributed by atoms with E-state index in [4.69, 9.17) is 4.74 Å². The average molecular weight is 451 g/mol. The van der Waals surface area contributed by atoms with Gasteiger partial charge < -0.3 is 10.1 Å². The number of amides is 1. The number of nitrogens with zero attached hydrogens (tertiary/aromatic N) is 3. The van der Waals surface area contributed by atoms with Crippen LogP contribution in [0.3, 0.4) is 0 Å². The zero-order chi connectivity index (χ0) is 22.2. The van der Waals surface area contributed by atoms with Crippen LogP contribution in [0, 0.1) is 6.92 Å². The van der Waals surface area contributed by atoms with Gasteiger partial charge >= 0.3 is 0 Å². The fourth-order valence-corrected chi connectivity index (χ4v) is 4.79. The Balaban J connectivity index is 1.45. The molecule has 32 heavy (non-hydrogen) atoms. The summed E-state index contributed by atoms with van der Waals surface area (Å²) in [6.07, 6.45) is 7.10. The summed E-state index contributed by atoms with van der Waals surface area (Å²) >= 11 is 1.41. The maximum atomic E-state index is 12.6. The maximum absolute atomic E-state index is 12.6. The standard InChI is InChI=1S/C25H30N4O2S/c1-19-11-9-10-16-22(19)31-17-23-27-28-25(29(23)21-14-7-4-8-15-21)32-18-24(30)26-20-12-5-2-3-6-13-20/h4,7-11,14-16,20H,2-3,5-6,12-13,17-18H2,1H3,(H,26,30). The molecule has 1 fully saturated rings. The summed E-state index contributed by atoms with van der Waals surface area (Å²) in [5.41, 5.74) is 2.02. The molecule has 0 saturated heterocycles. The molecule has 2 aromatic carbocycles. The van der Waals surface area contributed by atoms with E-state index in [9.17, 15) is 4.79 Å². The Morgan fingerprint density at radius 2 is 1.75 bits per heavy atom. The van der Waals surface area contributed by atoms with Gasteiger partial charge in [-0.25, -0.2) is 0 Å². The second kappa shape index (κ2) is 11.2. The molecular formula is C25H30N4O2S. The fraction of sp³-hybridized carbons (Fsp3) is 0.400. The largest absolute Gasteiger partial charge is 0.485 e. The topological polar surface area (TPSA) is 69.0 Å². The van der Waals surface area contributed by atoms with Gasteiger partial charge in [-0.05, 0) is 43.5 Å². The van der Waals surface area contributed by atoms with Crippen molar-refractivity contribution in [3.63, 3.8) is 0 Å². The van der Waals surface area contributed by atoms with Crippen molar-refractivity contribution in [3.05, 3.63) is 66.0 Å². The predicted molar refractivity (Wildman–Crippen MR) is 127 cm³/mol. The molecule has 4 rings (SSSR count). The summed E-state index contributed by atoms with van der Waals surface area (Å²) in [5, 5.41) is 12.7. The zero-order valence-corrected chi connectivity index (χ0v) is 19.3. The number of hydrogen-bond acceptors (Lipinski definition) is 5. The van der Waals surface area contributed by atoms with Gasteiger partial charge in [0.25, 0.3) is 0 Å². The number of thioether (sulfide) groups is 1. The molecule has 1 saturated carbocycles. The molecule has 1 aliphatic rings. The highest BCUT2D eigenvalue weighted by molar-refractivity contribution is 7.99. The third-order valence-corrected chi connectivity index (χ3v) is 6.65. The smallest absolute Gasteiger partial charge is 0.230 e. The Morgan fingerprint density at radius 1 is 1.03 bits per heavy atom. The second-order valence-corrected chi connectivity index (χ2v) is 9.11. The first-order valence-electron chi connectivity index (χ1n) is 11.3. The van der Waals surface area contributed by atoms with Crippen LogP contribution in [0.4, 0.5) is 0 Å². The lowest BCUT2D eigenvalue weighted by molar-refractivity contribution is -0.119. The van der Waals surface area contributed by atoms with Crippen molar-refractivity contribution >= 4 is 17.7 Å². The Labute approximate surface area is 193 Å². The lowest BCUT2D eigenvalue weighted by Crippen LogP contribution is -2.35. The van der Waals surface area contributed by atoms with Crippen LogP contribution in [0.5, 0.6) is 5.75 Å². The summed E-state index contributed by atoms with van der Waals surface area (Å²) in [6, 6.07) is 18.2. The molecular weight excluding hydrogens is 420 g/mol.